The number of fused-ring (bicyclic) bond motifs is 9. The first-order chi connectivity index (χ1) is 19.5. The van der Waals surface area contributed by atoms with Crippen molar-refractivity contribution >= 4 is 63.1 Å². The van der Waals surface area contributed by atoms with E-state index in [-0.39, 0.29) is 17.7 Å². The maximum absolute atomic E-state index is 7.08. The lowest BCUT2D eigenvalue weighted by Gasteiger charge is -2.53. The van der Waals surface area contributed by atoms with E-state index < -0.39 is 0 Å². The first-order valence-corrected chi connectivity index (χ1v) is 14.7. The van der Waals surface area contributed by atoms with Crippen LogP contribution >= 0.6 is 11.6 Å². The quantitative estimate of drug-likeness (QED) is 0.205. The standard InChI is InChI=1S/C36H28BClN2/c1-35-20-19-23-11-6-7-14-26(23)36(35,2)40-32-22-24(38)21-31-33(32)37(29-17-10-15-27(35)34(29)40)28-16-8-9-18-30(28)39(31)25-12-4-3-5-13-25/h3-18,21-22H,19-20H2,1-2H3. The molecule has 2 nitrogen and oxygen atoms in total. The highest BCUT2D eigenvalue weighted by Crippen LogP contribution is 2.64. The predicted molar refractivity (Wildman–Crippen MR) is 169 cm³/mol. The molecule has 2 atom stereocenters. The molecule has 1 aliphatic carbocycles. The molecule has 0 fully saturated rings. The molecule has 0 bridgehead atoms. The number of rotatable bonds is 1. The molecular weight excluding hydrogens is 507 g/mol. The molecule has 2 unspecified atom stereocenters. The zero-order chi connectivity index (χ0) is 26.8. The largest absolute Gasteiger partial charge is 0.331 e. The summed E-state index contributed by atoms with van der Waals surface area (Å²) >= 11 is 7.08. The van der Waals surface area contributed by atoms with Crippen LogP contribution in [0.2, 0.25) is 5.02 Å². The predicted octanol–water partition coefficient (Wildman–Crippen LogP) is 7.22. The summed E-state index contributed by atoms with van der Waals surface area (Å²) in [5.74, 6) is 0. The Labute approximate surface area is 240 Å². The van der Waals surface area contributed by atoms with Gasteiger partial charge >= 0.3 is 0 Å². The van der Waals surface area contributed by atoms with Gasteiger partial charge in [0.25, 0.3) is 6.71 Å². The van der Waals surface area contributed by atoms with Crippen LogP contribution in [0.3, 0.4) is 0 Å². The zero-order valence-corrected chi connectivity index (χ0v) is 23.4. The molecule has 5 aromatic rings. The van der Waals surface area contributed by atoms with Crippen molar-refractivity contribution in [1.82, 2.24) is 0 Å². The van der Waals surface area contributed by atoms with E-state index in [0.29, 0.717) is 0 Å². The van der Waals surface area contributed by atoms with Crippen molar-refractivity contribution in [3.05, 3.63) is 131 Å². The summed E-state index contributed by atoms with van der Waals surface area (Å²) in [6, 6.07) is 40.3. The number of benzene rings is 5. The Balaban J connectivity index is 1.43. The normalized spacial score (nSPS) is 22.7. The van der Waals surface area contributed by atoms with Gasteiger partial charge in [0.2, 0.25) is 0 Å². The third kappa shape index (κ3) is 2.54. The van der Waals surface area contributed by atoms with E-state index in [9.17, 15) is 0 Å². The van der Waals surface area contributed by atoms with Crippen LogP contribution in [0, 0.1) is 0 Å². The minimum Gasteiger partial charge on any atom is -0.331 e. The fraction of sp³-hybridized carbons (Fsp3) is 0.167. The van der Waals surface area contributed by atoms with Gasteiger partial charge in [0.15, 0.2) is 0 Å². The number of nitrogens with zero attached hydrogens (tertiary/aromatic N) is 2. The van der Waals surface area contributed by atoms with E-state index in [2.05, 4.69) is 133 Å². The van der Waals surface area contributed by atoms with Gasteiger partial charge < -0.3 is 9.80 Å². The smallest absolute Gasteiger partial charge is 0.252 e. The van der Waals surface area contributed by atoms with Crippen molar-refractivity contribution in [2.75, 3.05) is 9.80 Å². The number of hydrogen-bond acceptors (Lipinski definition) is 2. The lowest BCUT2D eigenvalue weighted by molar-refractivity contribution is 0.245. The van der Waals surface area contributed by atoms with Gasteiger partial charge in [-0.15, -0.1) is 0 Å². The van der Waals surface area contributed by atoms with E-state index in [1.807, 2.05) is 0 Å². The minimum absolute atomic E-state index is 0.0337. The van der Waals surface area contributed by atoms with Crippen LogP contribution in [0.4, 0.5) is 28.4 Å². The van der Waals surface area contributed by atoms with Gasteiger partial charge in [0.05, 0.1) is 5.54 Å². The number of anilines is 5. The molecule has 3 aliphatic heterocycles. The third-order valence-electron chi connectivity index (χ3n) is 10.5. The summed E-state index contributed by atoms with van der Waals surface area (Å²) in [6.07, 6.45) is 2.22. The van der Waals surface area contributed by atoms with Gasteiger partial charge in [-0.1, -0.05) is 97.4 Å². The van der Waals surface area contributed by atoms with E-state index in [4.69, 9.17) is 11.6 Å². The lowest BCUT2D eigenvalue weighted by atomic mass is 9.33. The van der Waals surface area contributed by atoms with Gasteiger partial charge in [-0.3, -0.25) is 0 Å². The van der Waals surface area contributed by atoms with Crippen LogP contribution in [0.15, 0.2) is 109 Å². The molecule has 192 valence electrons. The summed E-state index contributed by atoms with van der Waals surface area (Å²) in [4.78, 5) is 5.10. The van der Waals surface area contributed by atoms with Gasteiger partial charge in [-0.2, -0.15) is 0 Å². The molecule has 3 heterocycles. The topological polar surface area (TPSA) is 6.48 Å². The Morgan fingerprint density at radius 3 is 2.27 bits per heavy atom. The molecule has 0 amide bonds. The van der Waals surface area contributed by atoms with E-state index in [0.717, 1.165) is 23.6 Å². The van der Waals surface area contributed by atoms with Gasteiger partial charge in [-0.05, 0) is 83.2 Å². The molecule has 40 heavy (non-hydrogen) atoms. The van der Waals surface area contributed by atoms with Crippen LogP contribution in [-0.4, -0.2) is 6.71 Å². The van der Waals surface area contributed by atoms with Crippen LogP contribution in [0.25, 0.3) is 0 Å². The zero-order valence-electron chi connectivity index (χ0n) is 22.7. The van der Waals surface area contributed by atoms with Crippen LogP contribution < -0.4 is 26.2 Å². The summed E-state index contributed by atoms with van der Waals surface area (Å²) in [7, 11) is 0. The van der Waals surface area contributed by atoms with E-state index >= 15 is 0 Å². The summed E-state index contributed by atoms with van der Waals surface area (Å²) in [5.41, 5.74) is 14.4. The van der Waals surface area contributed by atoms with Crippen molar-refractivity contribution in [1.29, 1.82) is 0 Å². The Hall–Kier alpha value is -3.95. The second kappa shape index (κ2) is 7.62. The van der Waals surface area contributed by atoms with Gasteiger partial charge in [-0.25, -0.2) is 0 Å². The SMILES string of the molecule is CC12CCc3ccccc3C1(C)N1c3cc(Cl)cc4c3B(c3ccccc3N4c3ccccc3)c3cccc2c31. The molecule has 4 aliphatic rings. The van der Waals surface area contributed by atoms with Crippen LogP contribution in [0.5, 0.6) is 0 Å². The maximum Gasteiger partial charge on any atom is 0.252 e. The minimum atomic E-state index is -0.238. The highest BCUT2D eigenvalue weighted by molar-refractivity contribution is 7.00. The Bertz CT molecular complexity index is 1880. The van der Waals surface area contributed by atoms with Crippen molar-refractivity contribution < 1.29 is 0 Å². The second-order valence-corrected chi connectivity index (χ2v) is 12.6. The summed E-state index contributed by atoms with van der Waals surface area (Å²) in [5, 5.41) is 0.773. The number of para-hydroxylation sites is 3. The summed E-state index contributed by atoms with van der Waals surface area (Å²) < 4.78 is 0. The maximum atomic E-state index is 7.08. The molecule has 0 aromatic heterocycles. The third-order valence-corrected chi connectivity index (χ3v) is 10.7. The highest BCUT2D eigenvalue weighted by atomic mass is 35.5. The Morgan fingerprint density at radius 1 is 0.700 bits per heavy atom. The van der Waals surface area contributed by atoms with Crippen LogP contribution in [-0.2, 0) is 17.4 Å². The van der Waals surface area contributed by atoms with Crippen molar-refractivity contribution in [3.63, 3.8) is 0 Å². The number of aryl methyl sites for hydroxylation is 1. The molecule has 5 aromatic carbocycles. The molecule has 0 spiro atoms. The molecule has 4 heteroatoms. The molecule has 0 saturated carbocycles. The highest BCUT2D eigenvalue weighted by Gasteiger charge is 2.62. The Kier molecular flexibility index (Phi) is 4.35. The average molecular weight is 535 g/mol. The van der Waals surface area contributed by atoms with Crippen molar-refractivity contribution in [3.8, 4) is 0 Å². The van der Waals surface area contributed by atoms with Crippen LogP contribution in [0.1, 0.15) is 37.0 Å². The molecular formula is C36H28BClN2. The summed E-state index contributed by atoms with van der Waals surface area (Å²) in [6.45, 7) is 5.13. The molecule has 0 N–H and O–H groups in total. The molecule has 9 rings (SSSR count). The van der Waals surface area contributed by atoms with E-state index in [1.165, 1.54) is 55.8 Å². The number of hydrogen-bond donors (Lipinski definition) is 0. The van der Waals surface area contributed by atoms with Gasteiger partial charge in [0.1, 0.15) is 0 Å². The first kappa shape index (κ1) is 22.8. The van der Waals surface area contributed by atoms with Crippen molar-refractivity contribution in [2.45, 2.75) is 37.6 Å². The fourth-order valence-corrected chi connectivity index (χ4v) is 8.84. The first-order valence-electron chi connectivity index (χ1n) is 14.3. The monoisotopic (exact) mass is 534 g/mol. The fourth-order valence-electron chi connectivity index (χ4n) is 8.63. The average Bonchev–Trinajstić information content (AvgIpc) is 3.20. The van der Waals surface area contributed by atoms with Crippen molar-refractivity contribution in [2.24, 2.45) is 0 Å². The number of halogens is 1. The Morgan fingerprint density at radius 2 is 1.40 bits per heavy atom. The van der Waals surface area contributed by atoms with E-state index in [1.54, 1.807) is 0 Å². The second-order valence-electron chi connectivity index (χ2n) is 12.2. The molecule has 0 saturated heterocycles. The molecule has 0 radical (unpaired) electrons. The van der Waals surface area contributed by atoms with Gasteiger partial charge in [0, 0.05) is 38.9 Å². The lowest BCUT2D eigenvalue weighted by Crippen LogP contribution is -2.63.